The van der Waals surface area contributed by atoms with Crippen LogP contribution in [0.5, 0.6) is 0 Å². The Labute approximate surface area is 125 Å². The molecular formula is C14H25ClN4O. The molecule has 20 heavy (non-hydrogen) atoms. The summed E-state index contributed by atoms with van der Waals surface area (Å²) in [5, 5.41) is 5.33. The Morgan fingerprint density at radius 2 is 2.20 bits per heavy atom. The summed E-state index contributed by atoms with van der Waals surface area (Å²) in [6.07, 6.45) is 4.16. The van der Waals surface area contributed by atoms with Gasteiger partial charge in [0.05, 0.1) is 28.6 Å². The van der Waals surface area contributed by atoms with Gasteiger partial charge in [0.15, 0.2) is 0 Å². The molecule has 0 radical (unpaired) electrons. The van der Waals surface area contributed by atoms with Gasteiger partial charge in [-0.05, 0) is 32.1 Å². The number of rotatable bonds is 8. The van der Waals surface area contributed by atoms with Gasteiger partial charge in [-0.1, -0.05) is 18.5 Å². The first kappa shape index (κ1) is 15.8. The zero-order valence-electron chi connectivity index (χ0n) is 12.5. The maximum absolute atomic E-state index is 6.46. The van der Waals surface area contributed by atoms with Crippen LogP contribution in [0.2, 0.25) is 5.02 Å². The molecule has 1 saturated carbocycles. The number of nitrogens with two attached hydrogens (primary N) is 1. The summed E-state index contributed by atoms with van der Waals surface area (Å²) in [4.78, 5) is 0. The number of nitrogens with one attached hydrogen (secondary N) is 1. The van der Waals surface area contributed by atoms with Crippen molar-refractivity contribution in [3.8, 4) is 0 Å². The lowest BCUT2D eigenvalue weighted by Gasteiger charge is -2.25. The van der Waals surface area contributed by atoms with Crippen LogP contribution in [0.1, 0.15) is 38.1 Å². The van der Waals surface area contributed by atoms with E-state index in [9.17, 15) is 0 Å². The minimum atomic E-state index is 0.0664. The Morgan fingerprint density at radius 3 is 2.65 bits per heavy atom. The number of aryl methyl sites for hydroxylation is 2. The van der Waals surface area contributed by atoms with Gasteiger partial charge in [-0.15, -0.1) is 0 Å². The second-order valence-corrected chi connectivity index (χ2v) is 5.77. The molecular weight excluding hydrogens is 276 g/mol. The number of hydrogen-bond donors (Lipinski definition) is 2. The highest BCUT2D eigenvalue weighted by molar-refractivity contribution is 6.31. The molecule has 1 aliphatic rings. The van der Waals surface area contributed by atoms with E-state index >= 15 is 0 Å². The molecule has 0 spiro atoms. The Balaban J connectivity index is 2.19. The average molecular weight is 301 g/mol. The maximum Gasteiger partial charge on any atom is 0.0850 e. The summed E-state index contributed by atoms with van der Waals surface area (Å²) >= 11 is 6.46. The average Bonchev–Trinajstić information content (AvgIpc) is 3.25. The van der Waals surface area contributed by atoms with Crippen LogP contribution in [0.4, 0.5) is 0 Å². The SMILES string of the molecule is CCc1nn(CC)c(CC(NN)C(OC)C2CC2)c1Cl. The molecule has 0 aromatic carbocycles. The van der Waals surface area contributed by atoms with Crippen molar-refractivity contribution >= 4 is 11.6 Å². The first-order valence-electron chi connectivity index (χ1n) is 7.39. The van der Waals surface area contributed by atoms with Gasteiger partial charge in [0.2, 0.25) is 0 Å². The van der Waals surface area contributed by atoms with Gasteiger partial charge in [0.25, 0.3) is 0 Å². The number of ether oxygens (including phenoxy) is 1. The Hall–Kier alpha value is -0.620. The lowest BCUT2D eigenvalue weighted by Crippen LogP contribution is -2.47. The van der Waals surface area contributed by atoms with Gasteiger partial charge in [-0.25, -0.2) is 0 Å². The molecule has 0 amide bonds. The molecule has 0 aliphatic heterocycles. The summed E-state index contributed by atoms with van der Waals surface area (Å²) < 4.78 is 7.61. The first-order valence-corrected chi connectivity index (χ1v) is 7.76. The van der Waals surface area contributed by atoms with Crippen LogP contribution in [0.15, 0.2) is 0 Å². The predicted octanol–water partition coefficient (Wildman–Crippen LogP) is 1.92. The third kappa shape index (κ3) is 3.17. The monoisotopic (exact) mass is 300 g/mol. The molecule has 5 nitrogen and oxygen atoms in total. The number of nitrogens with zero attached hydrogens (tertiary/aromatic N) is 2. The van der Waals surface area contributed by atoms with Gasteiger partial charge in [0, 0.05) is 20.1 Å². The van der Waals surface area contributed by atoms with Gasteiger partial charge in [0.1, 0.15) is 0 Å². The molecule has 1 aliphatic carbocycles. The fourth-order valence-electron chi connectivity index (χ4n) is 2.80. The molecule has 6 heteroatoms. The molecule has 3 N–H and O–H groups in total. The van der Waals surface area contributed by atoms with Gasteiger partial charge in [-0.3, -0.25) is 16.0 Å². The van der Waals surface area contributed by atoms with E-state index in [1.807, 2.05) is 4.68 Å². The molecule has 2 atom stereocenters. The first-order chi connectivity index (χ1) is 9.65. The van der Waals surface area contributed by atoms with Crippen molar-refractivity contribution in [1.82, 2.24) is 15.2 Å². The molecule has 114 valence electrons. The second-order valence-electron chi connectivity index (χ2n) is 5.39. The van der Waals surface area contributed by atoms with Crippen molar-refractivity contribution in [1.29, 1.82) is 0 Å². The third-order valence-electron chi connectivity index (χ3n) is 4.08. The summed E-state index contributed by atoms with van der Waals surface area (Å²) in [7, 11) is 1.75. The zero-order chi connectivity index (χ0) is 14.7. The summed E-state index contributed by atoms with van der Waals surface area (Å²) in [6.45, 7) is 4.96. The Bertz CT molecular complexity index is 445. The normalized spacial score (nSPS) is 18.2. The van der Waals surface area contributed by atoms with Crippen molar-refractivity contribution in [2.75, 3.05) is 7.11 Å². The maximum atomic E-state index is 6.46. The summed E-state index contributed by atoms with van der Waals surface area (Å²) in [5.41, 5.74) is 4.91. The van der Waals surface area contributed by atoms with E-state index in [-0.39, 0.29) is 12.1 Å². The molecule has 0 saturated heterocycles. The van der Waals surface area contributed by atoms with Gasteiger partial charge in [-0.2, -0.15) is 5.10 Å². The fourth-order valence-corrected chi connectivity index (χ4v) is 3.15. The fraction of sp³-hybridized carbons (Fsp3) is 0.786. The van der Waals surface area contributed by atoms with E-state index in [0.717, 1.165) is 35.8 Å². The number of aromatic nitrogens is 2. The van der Waals surface area contributed by atoms with Crippen molar-refractivity contribution < 1.29 is 4.74 Å². The van der Waals surface area contributed by atoms with Gasteiger partial charge >= 0.3 is 0 Å². The lowest BCUT2D eigenvalue weighted by atomic mass is 10.0. The predicted molar refractivity (Wildman–Crippen MR) is 80.6 cm³/mol. The van der Waals surface area contributed by atoms with Crippen molar-refractivity contribution in [3.05, 3.63) is 16.4 Å². The van der Waals surface area contributed by atoms with Crippen LogP contribution in [0.25, 0.3) is 0 Å². The van der Waals surface area contributed by atoms with E-state index in [1.165, 1.54) is 12.8 Å². The van der Waals surface area contributed by atoms with Crippen LogP contribution < -0.4 is 11.3 Å². The smallest absolute Gasteiger partial charge is 0.0850 e. The number of hydrogen-bond acceptors (Lipinski definition) is 4. The quantitative estimate of drug-likeness (QED) is 0.569. The van der Waals surface area contributed by atoms with Crippen molar-refractivity contribution in [2.45, 2.75) is 58.2 Å². The molecule has 0 bridgehead atoms. The standard InChI is InChI=1S/C14H25ClN4O/c1-4-10-13(15)12(19(5-2)18-10)8-11(17-16)14(20-3)9-6-7-9/h9,11,14,17H,4-8,16H2,1-3H3. The Morgan fingerprint density at radius 1 is 1.50 bits per heavy atom. The van der Waals surface area contributed by atoms with Crippen molar-refractivity contribution in [3.63, 3.8) is 0 Å². The van der Waals surface area contributed by atoms with Gasteiger partial charge < -0.3 is 4.74 Å². The molecule has 1 aromatic rings. The number of halogens is 1. The molecule has 1 heterocycles. The Kier molecular flexibility index (Phi) is 5.43. The molecule has 1 fully saturated rings. The van der Waals surface area contributed by atoms with E-state index in [2.05, 4.69) is 24.4 Å². The largest absolute Gasteiger partial charge is 0.379 e. The van der Waals surface area contributed by atoms with Crippen LogP contribution in [-0.4, -0.2) is 29.0 Å². The van der Waals surface area contributed by atoms with Crippen LogP contribution in [0, 0.1) is 5.92 Å². The summed E-state index contributed by atoms with van der Waals surface area (Å²) in [5.74, 6) is 6.36. The third-order valence-corrected chi connectivity index (χ3v) is 4.51. The number of methoxy groups -OCH3 is 1. The summed E-state index contributed by atoms with van der Waals surface area (Å²) in [6, 6.07) is 0.0664. The lowest BCUT2D eigenvalue weighted by molar-refractivity contribution is 0.0505. The van der Waals surface area contributed by atoms with E-state index < -0.39 is 0 Å². The van der Waals surface area contributed by atoms with Crippen LogP contribution in [0.3, 0.4) is 0 Å². The van der Waals surface area contributed by atoms with Crippen LogP contribution >= 0.6 is 11.6 Å². The zero-order valence-corrected chi connectivity index (χ0v) is 13.3. The van der Waals surface area contributed by atoms with E-state index in [1.54, 1.807) is 7.11 Å². The molecule has 2 unspecified atom stereocenters. The molecule has 2 rings (SSSR count). The second kappa shape index (κ2) is 6.89. The minimum Gasteiger partial charge on any atom is -0.379 e. The van der Waals surface area contributed by atoms with E-state index in [0.29, 0.717) is 5.92 Å². The van der Waals surface area contributed by atoms with E-state index in [4.69, 9.17) is 22.2 Å². The minimum absolute atomic E-state index is 0.0664. The highest BCUT2D eigenvalue weighted by atomic mass is 35.5. The number of hydrazine groups is 1. The highest BCUT2D eigenvalue weighted by Crippen LogP contribution is 2.36. The van der Waals surface area contributed by atoms with Crippen molar-refractivity contribution in [2.24, 2.45) is 11.8 Å². The molecule has 1 aromatic heterocycles. The van der Waals surface area contributed by atoms with Crippen LogP contribution in [-0.2, 0) is 24.1 Å². The highest BCUT2D eigenvalue weighted by Gasteiger charge is 2.37. The topological polar surface area (TPSA) is 65.1 Å².